The van der Waals surface area contributed by atoms with E-state index in [1.54, 1.807) is 0 Å². The lowest BCUT2D eigenvalue weighted by Gasteiger charge is -2.02. The van der Waals surface area contributed by atoms with Gasteiger partial charge in [-0.1, -0.05) is 25.7 Å². The number of hydrogen-bond donors (Lipinski definition) is 2. The fraction of sp³-hybridized carbons (Fsp3) is 0.875. The Kier molecular flexibility index (Phi) is 3.63. The third-order valence-corrected chi connectivity index (χ3v) is 2.18. The first kappa shape index (κ1) is 8.78. The smallest absolute Gasteiger partial charge is 0.163 e. The zero-order valence-corrected chi connectivity index (χ0v) is 7.62. The van der Waals surface area contributed by atoms with Gasteiger partial charge in [0, 0.05) is 6.54 Å². The molecule has 1 fully saturated rings. The Morgan fingerprint density at radius 3 is 2.73 bits per heavy atom. The summed E-state index contributed by atoms with van der Waals surface area (Å²) in [7, 11) is 0. The Morgan fingerprint density at radius 2 is 2.18 bits per heavy atom. The highest BCUT2D eigenvalue weighted by Gasteiger charge is 2.19. The molecule has 0 atom stereocenters. The van der Waals surface area contributed by atoms with E-state index in [1.807, 2.05) is 0 Å². The molecule has 0 aliphatic heterocycles. The maximum Gasteiger partial charge on any atom is 0.163 e. The standard InChI is InChI=1S/C8H16N2S/c9-8(11)10-6-2-1-3-7-4-5-7/h7H,1-6H2,(H3,9,10,11). The number of unbranched alkanes of at least 4 members (excludes halogenated alkanes) is 1. The summed E-state index contributed by atoms with van der Waals surface area (Å²) >= 11 is 4.68. The Morgan fingerprint density at radius 1 is 1.45 bits per heavy atom. The van der Waals surface area contributed by atoms with Gasteiger partial charge in [-0.15, -0.1) is 0 Å². The predicted octanol–water partition coefficient (Wildman–Crippen LogP) is 1.40. The molecule has 0 aromatic carbocycles. The van der Waals surface area contributed by atoms with Gasteiger partial charge in [0.15, 0.2) is 5.11 Å². The molecular weight excluding hydrogens is 156 g/mol. The van der Waals surface area contributed by atoms with E-state index in [2.05, 4.69) is 17.5 Å². The molecule has 0 aromatic heterocycles. The summed E-state index contributed by atoms with van der Waals surface area (Å²) in [5, 5.41) is 3.38. The fourth-order valence-corrected chi connectivity index (χ4v) is 1.28. The molecule has 0 spiro atoms. The van der Waals surface area contributed by atoms with Crippen molar-refractivity contribution in [2.45, 2.75) is 32.1 Å². The summed E-state index contributed by atoms with van der Waals surface area (Å²) in [6.45, 7) is 0.946. The molecule has 11 heavy (non-hydrogen) atoms. The topological polar surface area (TPSA) is 38.0 Å². The molecule has 0 heterocycles. The second kappa shape index (κ2) is 4.54. The van der Waals surface area contributed by atoms with Crippen LogP contribution in [0.1, 0.15) is 32.1 Å². The molecule has 1 aliphatic carbocycles. The van der Waals surface area contributed by atoms with Crippen molar-refractivity contribution in [3.63, 3.8) is 0 Å². The SMILES string of the molecule is NC(=S)NCCCCC1CC1. The first-order valence-electron chi connectivity index (χ1n) is 4.32. The molecule has 64 valence electrons. The summed E-state index contributed by atoms with van der Waals surface area (Å²) < 4.78 is 0. The molecule has 0 radical (unpaired) electrons. The van der Waals surface area contributed by atoms with Crippen LogP contribution in [-0.4, -0.2) is 11.7 Å². The van der Waals surface area contributed by atoms with Crippen LogP contribution in [0.25, 0.3) is 0 Å². The van der Waals surface area contributed by atoms with E-state index < -0.39 is 0 Å². The van der Waals surface area contributed by atoms with Crippen LogP contribution in [0, 0.1) is 5.92 Å². The van der Waals surface area contributed by atoms with Gasteiger partial charge in [0.2, 0.25) is 0 Å². The maximum absolute atomic E-state index is 5.27. The van der Waals surface area contributed by atoms with Crippen LogP contribution in [0.2, 0.25) is 0 Å². The predicted molar refractivity (Wildman–Crippen MR) is 51.4 cm³/mol. The monoisotopic (exact) mass is 172 g/mol. The van der Waals surface area contributed by atoms with Crippen molar-refractivity contribution in [2.24, 2.45) is 11.7 Å². The number of thiocarbonyl (C=S) groups is 1. The number of nitrogens with one attached hydrogen (secondary N) is 1. The van der Waals surface area contributed by atoms with Gasteiger partial charge in [-0.05, 0) is 24.6 Å². The average Bonchev–Trinajstić information content (AvgIpc) is 2.70. The van der Waals surface area contributed by atoms with E-state index in [0.29, 0.717) is 5.11 Å². The highest BCUT2D eigenvalue weighted by Crippen LogP contribution is 2.33. The van der Waals surface area contributed by atoms with Crippen LogP contribution in [-0.2, 0) is 0 Å². The highest BCUT2D eigenvalue weighted by molar-refractivity contribution is 7.80. The molecule has 1 saturated carbocycles. The Labute approximate surface area is 73.5 Å². The van der Waals surface area contributed by atoms with Crippen LogP contribution in [0.5, 0.6) is 0 Å². The Bertz CT molecular complexity index is 132. The molecule has 0 aromatic rings. The van der Waals surface area contributed by atoms with Gasteiger partial charge in [0.1, 0.15) is 0 Å². The first-order valence-corrected chi connectivity index (χ1v) is 4.73. The summed E-state index contributed by atoms with van der Waals surface area (Å²) in [6.07, 6.45) is 6.85. The van der Waals surface area contributed by atoms with E-state index in [0.717, 1.165) is 12.5 Å². The number of hydrogen-bond acceptors (Lipinski definition) is 1. The van der Waals surface area contributed by atoms with Crippen molar-refractivity contribution in [2.75, 3.05) is 6.54 Å². The number of rotatable bonds is 5. The van der Waals surface area contributed by atoms with Crippen LogP contribution in [0.4, 0.5) is 0 Å². The van der Waals surface area contributed by atoms with Gasteiger partial charge < -0.3 is 11.1 Å². The third-order valence-electron chi connectivity index (χ3n) is 2.04. The van der Waals surface area contributed by atoms with E-state index in [9.17, 15) is 0 Å². The van der Waals surface area contributed by atoms with Crippen LogP contribution >= 0.6 is 12.2 Å². The van der Waals surface area contributed by atoms with Crippen molar-refractivity contribution < 1.29 is 0 Å². The molecule has 1 aliphatic rings. The Balaban J connectivity index is 1.76. The van der Waals surface area contributed by atoms with Crippen LogP contribution in [0.15, 0.2) is 0 Å². The lowest BCUT2D eigenvalue weighted by atomic mass is 10.2. The van der Waals surface area contributed by atoms with Crippen molar-refractivity contribution in [3.05, 3.63) is 0 Å². The van der Waals surface area contributed by atoms with Gasteiger partial charge in [0.05, 0.1) is 0 Å². The van der Waals surface area contributed by atoms with E-state index in [4.69, 9.17) is 5.73 Å². The fourth-order valence-electron chi connectivity index (χ4n) is 1.18. The molecular formula is C8H16N2S. The minimum Gasteiger partial charge on any atom is -0.376 e. The van der Waals surface area contributed by atoms with Gasteiger partial charge in [-0.3, -0.25) is 0 Å². The first-order chi connectivity index (χ1) is 5.29. The summed E-state index contributed by atoms with van der Waals surface area (Å²) in [6, 6.07) is 0. The van der Waals surface area contributed by atoms with Gasteiger partial charge >= 0.3 is 0 Å². The zero-order chi connectivity index (χ0) is 8.10. The lowest BCUT2D eigenvalue weighted by molar-refractivity contribution is 0.621. The van der Waals surface area contributed by atoms with Gasteiger partial charge in [0.25, 0.3) is 0 Å². The minimum absolute atomic E-state index is 0.427. The summed E-state index contributed by atoms with van der Waals surface area (Å²) in [4.78, 5) is 0. The number of nitrogens with two attached hydrogens (primary N) is 1. The molecule has 1 rings (SSSR count). The van der Waals surface area contributed by atoms with Crippen molar-refractivity contribution >= 4 is 17.3 Å². The molecule has 0 amide bonds. The van der Waals surface area contributed by atoms with Crippen LogP contribution in [0.3, 0.4) is 0 Å². The lowest BCUT2D eigenvalue weighted by Crippen LogP contribution is -2.29. The van der Waals surface area contributed by atoms with E-state index in [-0.39, 0.29) is 0 Å². The zero-order valence-electron chi connectivity index (χ0n) is 6.81. The molecule has 3 heteroatoms. The van der Waals surface area contributed by atoms with Gasteiger partial charge in [-0.25, -0.2) is 0 Å². The Hall–Kier alpha value is -0.310. The molecule has 0 unspecified atom stereocenters. The van der Waals surface area contributed by atoms with Gasteiger partial charge in [-0.2, -0.15) is 0 Å². The molecule has 0 saturated heterocycles. The highest BCUT2D eigenvalue weighted by atomic mass is 32.1. The quantitative estimate of drug-likeness (QED) is 0.486. The summed E-state index contributed by atoms with van der Waals surface area (Å²) in [5.41, 5.74) is 5.27. The molecule has 2 nitrogen and oxygen atoms in total. The van der Waals surface area contributed by atoms with Crippen LogP contribution < -0.4 is 11.1 Å². The molecule has 0 bridgehead atoms. The average molecular weight is 172 g/mol. The normalized spacial score (nSPS) is 16.4. The van der Waals surface area contributed by atoms with Crippen molar-refractivity contribution in [1.82, 2.24) is 5.32 Å². The second-order valence-corrected chi connectivity index (χ2v) is 3.67. The minimum atomic E-state index is 0.427. The third kappa shape index (κ3) is 5.01. The van der Waals surface area contributed by atoms with Crippen molar-refractivity contribution in [1.29, 1.82) is 0 Å². The van der Waals surface area contributed by atoms with E-state index >= 15 is 0 Å². The van der Waals surface area contributed by atoms with Crippen molar-refractivity contribution in [3.8, 4) is 0 Å². The van der Waals surface area contributed by atoms with E-state index in [1.165, 1.54) is 32.1 Å². The second-order valence-electron chi connectivity index (χ2n) is 3.23. The largest absolute Gasteiger partial charge is 0.376 e. The molecule has 3 N–H and O–H groups in total. The summed E-state index contributed by atoms with van der Waals surface area (Å²) in [5.74, 6) is 1.06. The maximum atomic E-state index is 5.27.